The predicted octanol–water partition coefficient (Wildman–Crippen LogP) is -1.15. The molecule has 12 rings (SSSR count). The van der Waals surface area contributed by atoms with Crippen LogP contribution in [0, 0.1) is 5.41 Å². The number of nitrogens with zero attached hydrogens (tertiary/aromatic N) is 12. The van der Waals surface area contributed by atoms with Crippen LogP contribution in [-0.4, -0.2) is 230 Å². The summed E-state index contributed by atoms with van der Waals surface area (Å²) < 4.78 is 106. The molecule has 0 saturated carbocycles. The van der Waals surface area contributed by atoms with E-state index < -0.39 is 127 Å². The van der Waals surface area contributed by atoms with Gasteiger partial charge < -0.3 is 96.2 Å². The van der Waals surface area contributed by atoms with Crippen LogP contribution < -0.4 is 0 Å². The number of aliphatic hydroxyl groups excluding tert-OH is 4. The molecule has 0 unspecified atom stereocenters. The second-order valence-corrected chi connectivity index (χ2v) is 23.5. The maximum absolute atomic E-state index is 10.1. The van der Waals surface area contributed by atoms with Gasteiger partial charge in [0.25, 0.3) is 0 Å². The van der Waals surface area contributed by atoms with Gasteiger partial charge in [-0.05, 0) is 55.4 Å². The lowest BCUT2D eigenvalue weighted by molar-refractivity contribution is -0.201. The second-order valence-electron chi connectivity index (χ2n) is 23.5. The molecule has 81 heavy (non-hydrogen) atoms. The summed E-state index contributed by atoms with van der Waals surface area (Å²) in [6, 6.07) is 0. The van der Waals surface area contributed by atoms with Crippen molar-refractivity contribution >= 4 is 0 Å². The highest BCUT2D eigenvalue weighted by Crippen LogP contribution is 2.46. The van der Waals surface area contributed by atoms with Crippen molar-refractivity contribution in [3.05, 3.63) is 47.6 Å². The average molecular weight is 1150 g/mol. The van der Waals surface area contributed by atoms with Gasteiger partial charge in [0, 0.05) is 0 Å². The zero-order valence-corrected chi connectivity index (χ0v) is 46.2. The topological polar surface area (TPSA) is 351 Å². The molecule has 8 saturated heterocycles. The summed E-state index contributed by atoms with van der Waals surface area (Å²) in [6.45, 7) is 13.2. The number of ether oxygens (including phenoxy) is 16. The maximum atomic E-state index is 10.1. The number of aliphatic hydroxyl groups is 4. The average Bonchev–Trinajstić information content (AvgIpc) is 4.46. The van der Waals surface area contributed by atoms with Crippen LogP contribution in [0.1, 0.15) is 103 Å². The third-order valence-corrected chi connectivity index (χ3v) is 15.1. The van der Waals surface area contributed by atoms with Gasteiger partial charge >= 0.3 is 0 Å². The number of hydrogen-bond acceptors (Lipinski definition) is 28. The van der Waals surface area contributed by atoms with Gasteiger partial charge in [-0.25, -0.2) is 18.7 Å². The van der Waals surface area contributed by atoms with Crippen molar-refractivity contribution in [2.24, 2.45) is 5.41 Å². The highest BCUT2D eigenvalue weighted by Gasteiger charge is 2.60. The van der Waals surface area contributed by atoms with Gasteiger partial charge in [0.1, 0.15) is 96.0 Å². The van der Waals surface area contributed by atoms with Gasteiger partial charge in [-0.2, -0.15) is 0 Å². The van der Waals surface area contributed by atoms with Crippen LogP contribution in [0.3, 0.4) is 0 Å². The van der Waals surface area contributed by atoms with E-state index in [0.29, 0.717) is 22.8 Å². The Morgan fingerprint density at radius 2 is 0.580 bits per heavy atom. The number of rotatable bonds is 24. The summed E-state index contributed by atoms with van der Waals surface area (Å²) in [6.07, 6.45) is -2.97. The molecule has 8 aliphatic heterocycles. The maximum Gasteiger partial charge on any atom is 0.181 e. The number of hydrogen-bond donors (Lipinski definition) is 4. The van der Waals surface area contributed by atoms with E-state index in [2.05, 4.69) is 41.2 Å². The third kappa shape index (κ3) is 11.7. The Kier molecular flexibility index (Phi) is 15.8. The molecule has 4 aromatic heterocycles. The van der Waals surface area contributed by atoms with Crippen LogP contribution in [0.4, 0.5) is 0 Å². The first-order chi connectivity index (χ1) is 38.7. The normalized spacial score (nSPS) is 36.0. The standard InChI is InChI=1S/C49H72N12O20/c1-45(2)74-33-29(13-62)70-41(37(33)78-45)58-9-25(50-54-58)17-66-21-49(22-67-18-26-10-59(55-51-26)42-38-34(30(14-63)71-42)75-46(3,4)79-38,23-68-19-27-11-60(56-52-27)43-39-35(31(15-64)72-43)76-47(5,6)80-39)24-69-20-28-12-61(57-53-28)44-40-36(32(16-65)73-44)77-48(7,8)81-40/h9-12,29-44,62-65H,13-24H2,1-8H3/t29-,30-,31-,32-,33-,34-,35-,36-,37-,38-,39-,40-,41-,42-,43-,44-/m1/s1. The highest BCUT2D eigenvalue weighted by atomic mass is 16.8. The molecule has 32 heteroatoms. The SMILES string of the molecule is CC1(C)O[C@@H]2[C@H](O1)[C@@H](CO)O[C@H]2n1cc(COCC(COCc2cn([C@@H]3O[C@H](CO)[C@H]4OC(C)(C)O[C@H]43)nn2)(COCc2cn([C@@H]3O[C@H](CO)[C@H]4OC(C)(C)O[C@H]43)nn2)COCc2cn([C@@H]3O[C@H](CO)[C@H]4OC(C)(C)O[C@H]43)nn2)nn1. The Balaban J connectivity index is 0.776. The lowest BCUT2D eigenvalue weighted by Crippen LogP contribution is -2.41. The fourth-order valence-electron chi connectivity index (χ4n) is 11.8. The lowest BCUT2D eigenvalue weighted by atomic mass is 9.92. The van der Waals surface area contributed by atoms with Crippen molar-refractivity contribution in [3.8, 4) is 0 Å². The first kappa shape index (κ1) is 57.2. The van der Waals surface area contributed by atoms with Crippen LogP contribution in [0.2, 0.25) is 0 Å². The van der Waals surface area contributed by atoms with Crippen molar-refractivity contribution in [1.82, 2.24) is 60.0 Å². The summed E-state index contributed by atoms with van der Waals surface area (Å²) in [5.74, 6) is -3.57. The van der Waals surface area contributed by atoms with E-state index in [1.165, 1.54) is 18.7 Å². The summed E-state index contributed by atoms with van der Waals surface area (Å²) in [5.41, 5.74) is 0.756. The third-order valence-electron chi connectivity index (χ3n) is 15.1. The minimum atomic E-state index is -1.08. The monoisotopic (exact) mass is 1150 g/mol. The fraction of sp³-hybridized carbons (Fsp3) is 0.837. The highest BCUT2D eigenvalue weighted by molar-refractivity contribution is 5.04. The quantitative estimate of drug-likeness (QED) is 0.0643. The zero-order chi connectivity index (χ0) is 56.6. The fourth-order valence-corrected chi connectivity index (χ4v) is 11.8. The van der Waals surface area contributed by atoms with Gasteiger partial charge in [0.2, 0.25) is 0 Å². The van der Waals surface area contributed by atoms with Crippen LogP contribution in [0.5, 0.6) is 0 Å². The summed E-state index contributed by atoms with van der Waals surface area (Å²) in [4.78, 5) is 0. The molecule has 0 bridgehead atoms. The zero-order valence-electron chi connectivity index (χ0n) is 46.2. The van der Waals surface area contributed by atoms with Gasteiger partial charge in [-0.1, -0.05) is 20.9 Å². The molecule has 12 heterocycles. The Hall–Kier alpha value is -4.24. The van der Waals surface area contributed by atoms with Crippen molar-refractivity contribution in [2.75, 3.05) is 52.9 Å². The van der Waals surface area contributed by atoms with Crippen molar-refractivity contribution in [3.63, 3.8) is 0 Å². The molecule has 0 radical (unpaired) electrons. The summed E-state index contributed by atoms with van der Waals surface area (Å²) >= 11 is 0. The molecule has 0 amide bonds. The minimum Gasteiger partial charge on any atom is -0.394 e. The number of aromatic nitrogens is 12. The Bertz CT molecular complexity index is 2410. The van der Waals surface area contributed by atoms with E-state index in [9.17, 15) is 20.4 Å². The van der Waals surface area contributed by atoms with E-state index in [4.69, 9.17) is 75.8 Å². The van der Waals surface area contributed by atoms with Gasteiger partial charge in [0.05, 0.1) is 109 Å². The summed E-state index contributed by atoms with van der Waals surface area (Å²) in [5, 5.41) is 75.4. The van der Waals surface area contributed by atoms with Crippen molar-refractivity contribution in [1.29, 1.82) is 0 Å². The smallest absolute Gasteiger partial charge is 0.181 e. The molecule has 0 aliphatic carbocycles. The van der Waals surface area contributed by atoms with Crippen molar-refractivity contribution in [2.45, 2.75) is 203 Å². The van der Waals surface area contributed by atoms with E-state index in [0.717, 1.165) is 0 Å². The van der Waals surface area contributed by atoms with E-state index in [-0.39, 0.29) is 79.3 Å². The lowest BCUT2D eigenvalue weighted by Gasteiger charge is -2.32. The molecular weight excluding hydrogens is 1080 g/mol. The molecule has 448 valence electrons. The largest absolute Gasteiger partial charge is 0.394 e. The molecule has 32 nitrogen and oxygen atoms in total. The Morgan fingerprint density at radius 1 is 0.370 bits per heavy atom. The van der Waals surface area contributed by atoms with Crippen LogP contribution in [-0.2, 0) is 102 Å². The van der Waals surface area contributed by atoms with E-state index >= 15 is 0 Å². The first-order valence-corrected chi connectivity index (χ1v) is 27.2. The molecule has 4 aromatic rings. The minimum absolute atomic E-state index is 0.0191. The van der Waals surface area contributed by atoms with Gasteiger partial charge in [-0.3, -0.25) is 0 Å². The summed E-state index contributed by atoms with van der Waals surface area (Å²) in [7, 11) is 0. The molecule has 8 aliphatic rings. The van der Waals surface area contributed by atoms with Crippen LogP contribution in [0.15, 0.2) is 24.8 Å². The molecule has 0 aromatic carbocycles. The van der Waals surface area contributed by atoms with E-state index in [1.54, 1.807) is 80.2 Å². The second kappa shape index (κ2) is 22.3. The van der Waals surface area contributed by atoms with Crippen LogP contribution in [0.25, 0.3) is 0 Å². The molecule has 4 N–H and O–H groups in total. The van der Waals surface area contributed by atoms with Gasteiger partial charge in [-0.15, -0.1) is 20.4 Å². The number of fused-ring (bicyclic) bond motifs is 4. The first-order valence-electron chi connectivity index (χ1n) is 27.2. The van der Waals surface area contributed by atoms with E-state index in [1.807, 2.05) is 0 Å². The molecule has 8 fully saturated rings. The molecule has 0 spiro atoms. The van der Waals surface area contributed by atoms with Crippen LogP contribution >= 0.6 is 0 Å². The Labute approximate surface area is 464 Å². The van der Waals surface area contributed by atoms with Gasteiger partial charge in [0.15, 0.2) is 48.1 Å². The molecular formula is C49H72N12O20. The molecule has 16 atom stereocenters. The predicted molar refractivity (Wildman–Crippen MR) is 260 cm³/mol. The Morgan fingerprint density at radius 3 is 0.790 bits per heavy atom. The van der Waals surface area contributed by atoms with Crippen molar-refractivity contribution < 1.29 is 96.2 Å².